The first-order chi connectivity index (χ1) is 17.2. The van der Waals surface area contributed by atoms with Gasteiger partial charge < -0.3 is 15.0 Å². The van der Waals surface area contributed by atoms with Gasteiger partial charge >= 0.3 is 0 Å². The third-order valence-electron chi connectivity index (χ3n) is 6.13. The molecule has 1 N–H and O–H groups in total. The van der Waals surface area contributed by atoms with Crippen LogP contribution in [0.4, 0.5) is 11.4 Å². The Labute approximate surface area is 204 Å². The first-order valence-corrected chi connectivity index (χ1v) is 11.8. The molecule has 4 aromatic rings. The average molecular weight is 466 g/mol. The van der Waals surface area contributed by atoms with Crippen LogP contribution in [0, 0.1) is 6.92 Å². The molecule has 0 bridgehead atoms. The van der Waals surface area contributed by atoms with Crippen LogP contribution in [-0.2, 0) is 0 Å². The maximum Gasteiger partial charge on any atom is 0.255 e. The largest absolute Gasteiger partial charge is 0.438 e. The van der Waals surface area contributed by atoms with Gasteiger partial charge in [-0.2, -0.15) is 0 Å². The SMILES string of the molecule is Cc1ccc(C(=O)Nc2ccc(N3CCCCC3)cc2)cc1Oc1ncccc1-c1ccncn1. The number of ether oxygens (including phenoxy) is 1. The fourth-order valence-electron chi connectivity index (χ4n) is 4.18. The summed E-state index contributed by atoms with van der Waals surface area (Å²) >= 11 is 0. The van der Waals surface area contributed by atoms with Crippen molar-refractivity contribution in [3.63, 3.8) is 0 Å². The molecular weight excluding hydrogens is 438 g/mol. The van der Waals surface area contributed by atoms with Gasteiger partial charge in [0.1, 0.15) is 12.1 Å². The molecule has 7 heteroatoms. The van der Waals surface area contributed by atoms with E-state index in [0.29, 0.717) is 22.9 Å². The Kier molecular flexibility index (Phi) is 6.66. The summed E-state index contributed by atoms with van der Waals surface area (Å²) in [6, 6.07) is 19.0. The number of piperidine rings is 1. The smallest absolute Gasteiger partial charge is 0.255 e. The molecule has 2 aromatic heterocycles. The van der Waals surface area contributed by atoms with Gasteiger partial charge in [-0.25, -0.2) is 15.0 Å². The van der Waals surface area contributed by atoms with Crippen LogP contribution in [0.5, 0.6) is 11.6 Å². The zero-order chi connectivity index (χ0) is 24.0. The minimum absolute atomic E-state index is 0.197. The van der Waals surface area contributed by atoms with Crippen molar-refractivity contribution < 1.29 is 9.53 Å². The Balaban J connectivity index is 1.32. The molecular formula is C28H27N5O2. The van der Waals surface area contributed by atoms with Crippen LogP contribution in [0.3, 0.4) is 0 Å². The van der Waals surface area contributed by atoms with Gasteiger partial charge in [0.2, 0.25) is 5.88 Å². The topological polar surface area (TPSA) is 80.2 Å². The second-order valence-corrected chi connectivity index (χ2v) is 8.58. The molecule has 0 unspecified atom stereocenters. The summed E-state index contributed by atoms with van der Waals surface area (Å²) in [5, 5.41) is 2.99. The van der Waals surface area contributed by atoms with Crippen LogP contribution in [0.1, 0.15) is 35.2 Å². The van der Waals surface area contributed by atoms with Gasteiger partial charge in [0.05, 0.1) is 11.3 Å². The van der Waals surface area contributed by atoms with E-state index in [2.05, 4.69) is 37.3 Å². The molecule has 7 nitrogen and oxygen atoms in total. The van der Waals surface area contributed by atoms with E-state index in [1.54, 1.807) is 30.6 Å². The van der Waals surface area contributed by atoms with Crippen molar-refractivity contribution in [1.29, 1.82) is 0 Å². The lowest BCUT2D eigenvalue weighted by Gasteiger charge is -2.28. The number of aromatic nitrogens is 3. The molecule has 35 heavy (non-hydrogen) atoms. The Bertz CT molecular complexity index is 1300. The quantitative estimate of drug-likeness (QED) is 0.383. The average Bonchev–Trinajstić information content (AvgIpc) is 2.91. The maximum atomic E-state index is 13.0. The van der Waals surface area contributed by atoms with Crippen molar-refractivity contribution in [1.82, 2.24) is 15.0 Å². The molecule has 0 saturated carbocycles. The summed E-state index contributed by atoms with van der Waals surface area (Å²) in [4.78, 5) is 28.1. The summed E-state index contributed by atoms with van der Waals surface area (Å²) in [7, 11) is 0. The summed E-state index contributed by atoms with van der Waals surface area (Å²) in [5.74, 6) is 0.782. The number of carbonyl (C=O) groups is 1. The molecule has 0 aliphatic carbocycles. The van der Waals surface area contributed by atoms with Gasteiger partial charge in [0.15, 0.2) is 0 Å². The Morgan fingerprint density at radius 2 is 1.77 bits per heavy atom. The molecule has 1 aliphatic rings. The molecule has 1 fully saturated rings. The standard InChI is InChI=1S/C28H27N5O2/c1-20-7-8-21(27(34)32-22-9-11-23(12-10-22)33-16-3-2-4-17-33)18-26(20)35-28-24(6-5-14-30-28)25-13-15-29-19-31-25/h5-15,18-19H,2-4,16-17H2,1H3,(H,32,34). The third kappa shape index (κ3) is 5.30. The van der Waals surface area contributed by atoms with Crippen LogP contribution < -0.4 is 15.0 Å². The third-order valence-corrected chi connectivity index (χ3v) is 6.13. The molecule has 1 aliphatic heterocycles. The Hall–Kier alpha value is -4.26. The lowest BCUT2D eigenvalue weighted by atomic mass is 10.1. The fourth-order valence-corrected chi connectivity index (χ4v) is 4.18. The van der Waals surface area contributed by atoms with E-state index in [9.17, 15) is 4.79 Å². The van der Waals surface area contributed by atoms with Crippen LogP contribution in [0.25, 0.3) is 11.3 Å². The van der Waals surface area contributed by atoms with Gasteiger partial charge in [0.25, 0.3) is 5.91 Å². The van der Waals surface area contributed by atoms with Crippen LogP contribution in [0.15, 0.2) is 79.4 Å². The normalized spacial score (nSPS) is 13.3. The summed E-state index contributed by atoms with van der Waals surface area (Å²) in [6.07, 6.45) is 8.59. The molecule has 3 heterocycles. The number of hydrogen-bond donors (Lipinski definition) is 1. The number of hydrogen-bond acceptors (Lipinski definition) is 6. The molecule has 5 rings (SSSR count). The van der Waals surface area contributed by atoms with Gasteiger partial charge in [-0.15, -0.1) is 0 Å². The number of rotatable bonds is 6. The van der Waals surface area contributed by atoms with E-state index in [1.165, 1.54) is 31.3 Å². The molecule has 1 saturated heterocycles. The highest BCUT2D eigenvalue weighted by Crippen LogP contribution is 2.32. The number of benzene rings is 2. The highest BCUT2D eigenvalue weighted by Gasteiger charge is 2.15. The minimum Gasteiger partial charge on any atom is -0.438 e. The lowest BCUT2D eigenvalue weighted by Crippen LogP contribution is -2.29. The van der Waals surface area contributed by atoms with Crippen LogP contribution in [-0.4, -0.2) is 33.9 Å². The first kappa shape index (κ1) is 22.5. The number of anilines is 2. The van der Waals surface area contributed by atoms with Crippen molar-refractivity contribution in [2.45, 2.75) is 26.2 Å². The van der Waals surface area contributed by atoms with E-state index in [1.807, 2.05) is 37.3 Å². The highest BCUT2D eigenvalue weighted by molar-refractivity contribution is 6.04. The van der Waals surface area contributed by atoms with E-state index in [0.717, 1.165) is 29.9 Å². The molecule has 0 atom stereocenters. The van der Waals surface area contributed by atoms with Gasteiger partial charge in [-0.3, -0.25) is 4.79 Å². The predicted molar refractivity (Wildman–Crippen MR) is 137 cm³/mol. The first-order valence-electron chi connectivity index (χ1n) is 11.8. The summed E-state index contributed by atoms with van der Waals surface area (Å²) in [6.45, 7) is 4.11. The van der Waals surface area contributed by atoms with E-state index >= 15 is 0 Å². The van der Waals surface area contributed by atoms with Crippen molar-refractivity contribution in [2.75, 3.05) is 23.3 Å². The van der Waals surface area contributed by atoms with Gasteiger partial charge in [0, 0.05) is 42.4 Å². The van der Waals surface area contributed by atoms with E-state index in [4.69, 9.17) is 4.74 Å². The Morgan fingerprint density at radius 1 is 0.943 bits per heavy atom. The number of nitrogens with zero attached hydrogens (tertiary/aromatic N) is 4. The second kappa shape index (κ2) is 10.3. The Morgan fingerprint density at radius 3 is 2.54 bits per heavy atom. The lowest BCUT2D eigenvalue weighted by molar-refractivity contribution is 0.102. The van der Waals surface area contributed by atoms with Crippen LogP contribution in [0.2, 0.25) is 0 Å². The van der Waals surface area contributed by atoms with Crippen molar-refractivity contribution in [3.05, 3.63) is 90.5 Å². The van der Waals surface area contributed by atoms with Crippen molar-refractivity contribution in [3.8, 4) is 22.9 Å². The summed E-state index contributed by atoms with van der Waals surface area (Å²) < 4.78 is 6.16. The molecule has 0 radical (unpaired) electrons. The monoisotopic (exact) mass is 465 g/mol. The number of nitrogens with one attached hydrogen (secondary N) is 1. The number of aryl methyl sites for hydroxylation is 1. The number of pyridine rings is 1. The van der Waals surface area contributed by atoms with Crippen LogP contribution >= 0.6 is 0 Å². The van der Waals surface area contributed by atoms with E-state index < -0.39 is 0 Å². The number of carbonyl (C=O) groups excluding carboxylic acids is 1. The van der Waals surface area contributed by atoms with Gasteiger partial charge in [-0.05, 0) is 86.3 Å². The molecule has 2 aromatic carbocycles. The molecule has 176 valence electrons. The van der Waals surface area contributed by atoms with Crippen molar-refractivity contribution >= 4 is 17.3 Å². The molecule has 1 amide bonds. The van der Waals surface area contributed by atoms with E-state index in [-0.39, 0.29) is 5.91 Å². The predicted octanol–water partition coefficient (Wildman–Crippen LogP) is 5.88. The minimum atomic E-state index is -0.197. The fraction of sp³-hybridized carbons (Fsp3) is 0.214. The zero-order valence-corrected chi connectivity index (χ0v) is 19.6. The second-order valence-electron chi connectivity index (χ2n) is 8.58. The highest BCUT2D eigenvalue weighted by atomic mass is 16.5. The van der Waals surface area contributed by atoms with Crippen molar-refractivity contribution in [2.24, 2.45) is 0 Å². The van der Waals surface area contributed by atoms with Gasteiger partial charge in [-0.1, -0.05) is 6.07 Å². The molecule has 0 spiro atoms. The zero-order valence-electron chi connectivity index (χ0n) is 19.6. The summed E-state index contributed by atoms with van der Waals surface area (Å²) in [5.41, 5.74) is 4.82. The maximum absolute atomic E-state index is 13.0. The number of amides is 1.